The molecule has 0 aromatic heterocycles. The molecule has 17 heavy (non-hydrogen) atoms. The fraction of sp³-hybridized carbons (Fsp3) is 0.538. The molecule has 1 N–H and O–H groups in total. The molecule has 0 spiro atoms. The van der Waals surface area contributed by atoms with Gasteiger partial charge < -0.3 is 19.3 Å². The van der Waals surface area contributed by atoms with Gasteiger partial charge in [-0.25, -0.2) is 0 Å². The second-order valence-electron chi connectivity index (χ2n) is 4.03. The molecule has 4 nitrogen and oxygen atoms in total. The predicted molar refractivity (Wildman–Crippen MR) is 63.4 cm³/mol. The zero-order chi connectivity index (χ0) is 12.3. The topological polar surface area (TPSA) is 47.9 Å². The summed E-state index contributed by atoms with van der Waals surface area (Å²) in [5.74, 6) is 1.39. The van der Waals surface area contributed by atoms with E-state index >= 15 is 0 Å². The number of benzene rings is 1. The number of hydrogen-bond acceptors (Lipinski definition) is 4. The van der Waals surface area contributed by atoms with Crippen molar-refractivity contribution in [3.05, 3.63) is 24.3 Å². The molecule has 2 rings (SSSR count). The van der Waals surface area contributed by atoms with Crippen LogP contribution in [-0.4, -0.2) is 37.1 Å². The summed E-state index contributed by atoms with van der Waals surface area (Å²) in [4.78, 5) is 0. The molecule has 1 aliphatic rings. The van der Waals surface area contributed by atoms with Crippen LogP contribution >= 0.6 is 0 Å². The van der Waals surface area contributed by atoms with E-state index in [1.807, 2.05) is 31.2 Å². The molecule has 0 radical (unpaired) electrons. The summed E-state index contributed by atoms with van der Waals surface area (Å²) in [6.45, 7) is 2.48. The molecule has 0 amide bonds. The van der Waals surface area contributed by atoms with Crippen molar-refractivity contribution in [3.63, 3.8) is 0 Å². The maximum atomic E-state index is 9.58. The van der Waals surface area contributed by atoms with Crippen LogP contribution in [0.4, 0.5) is 0 Å². The molecule has 3 atom stereocenters. The number of ether oxygens (including phenoxy) is 3. The summed E-state index contributed by atoms with van der Waals surface area (Å²) in [6, 6.07) is 7.48. The SMILES string of the molecule is CCOC1C(O)CC1Oc1ccccc1OC. The van der Waals surface area contributed by atoms with Crippen molar-refractivity contribution in [2.24, 2.45) is 0 Å². The third kappa shape index (κ3) is 2.53. The summed E-state index contributed by atoms with van der Waals surface area (Å²) in [5.41, 5.74) is 0. The van der Waals surface area contributed by atoms with Gasteiger partial charge in [0.25, 0.3) is 0 Å². The Morgan fingerprint density at radius 3 is 2.59 bits per heavy atom. The smallest absolute Gasteiger partial charge is 0.161 e. The van der Waals surface area contributed by atoms with Crippen LogP contribution in [0.5, 0.6) is 11.5 Å². The largest absolute Gasteiger partial charge is 0.493 e. The molecule has 3 unspecified atom stereocenters. The maximum absolute atomic E-state index is 9.58. The van der Waals surface area contributed by atoms with Gasteiger partial charge in [0.2, 0.25) is 0 Å². The number of methoxy groups -OCH3 is 1. The first-order valence-corrected chi connectivity index (χ1v) is 5.85. The highest BCUT2D eigenvalue weighted by molar-refractivity contribution is 5.39. The first-order chi connectivity index (χ1) is 8.26. The molecule has 1 aliphatic carbocycles. The van der Waals surface area contributed by atoms with E-state index in [9.17, 15) is 5.11 Å². The number of aliphatic hydroxyl groups is 1. The minimum atomic E-state index is -0.422. The van der Waals surface area contributed by atoms with Gasteiger partial charge in [0.15, 0.2) is 11.5 Å². The molecule has 1 aromatic rings. The van der Waals surface area contributed by atoms with Gasteiger partial charge in [0.1, 0.15) is 12.2 Å². The third-order valence-electron chi connectivity index (χ3n) is 2.93. The van der Waals surface area contributed by atoms with E-state index in [2.05, 4.69) is 0 Å². The normalized spacial score (nSPS) is 27.4. The van der Waals surface area contributed by atoms with Crippen molar-refractivity contribution in [2.75, 3.05) is 13.7 Å². The van der Waals surface area contributed by atoms with Crippen LogP contribution in [0.15, 0.2) is 24.3 Å². The molecule has 4 heteroatoms. The van der Waals surface area contributed by atoms with Crippen molar-refractivity contribution in [3.8, 4) is 11.5 Å². The number of rotatable bonds is 5. The Morgan fingerprint density at radius 1 is 1.29 bits per heavy atom. The lowest BCUT2D eigenvalue weighted by Gasteiger charge is -2.40. The molecule has 0 saturated heterocycles. The highest BCUT2D eigenvalue weighted by atomic mass is 16.6. The van der Waals surface area contributed by atoms with E-state index in [0.717, 1.165) is 0 Å². The van der Waals surface area contributed by atoms with E-state index < -0.39 is 6.10 Å². The zero-order valence-electron chi connectivity index (χ0n) is 10.1. The van der Waals surface area contributed by atoms with Gasteiger partial charge in [-0.3, -0.25) is 0 Å². The molecule has 1 aromatic carbocycles. The van der Waals surface area contributed by atoms with Gasteiger partial charge in [-0.05, 0) is 19.1 Å². The van der Waals surface area contributed by atoms with Crippen LogP contribution in [0.25, 0.3) is 0 Å². The van der Waals surface area contributed by atoms with Crippen molar-refractivity contribution < 1.29 is 19.3 Å². The molecule has 94 valence electrons. The minimum Gasteiger partial charge on any atom is -0.493 e. The fourth-order valence-electron chi connectivity index (χ4n) is 1.96. The molecular formula is C13H18O4. The second-order valence-corrected chi connectivity index (χ2v) is 4.03. The van der Waals surface area contributed by atoms with Crippen LogP contribution in [-0.2, 0) is 4.74 Å². The molecule has 0 bridgehead atoms. The van der Waals surface area contributed by atoms with Gasteiger partial charge >= 0.3 is 0 Å². The van der Waals surface area contributed by atoms with Crippen molar-refractivity contribution in [1.82, 2.24) is 0 Å². The highest BCUT2D eigenvalue weighted by Crippen LogP contribution is 2.33. The summed E-state index contributed by atoms with van der Waals surface area (Å²) in [5, 5.41) is 9.58. The van der Waals surface area contributed by atoms with Crippen molar-refractivity contribution in [1.29, 1.82) is 0 Å². The Labute approximate surface area is 101 Å². The monoisotopic (exact) mass is 238 g/mol. The van der Waals surface area contributed by atoms with Crippen molar-refractivity contribution in [2.45, 2.75) is 31.7 Å². The van der Waals surface area contributed by atoms with Crippen LogP contribution < -0.4 is 9.47 Å². The quantitative estimate of drug-likeness (QED) is 0.846. The van der Waals surface area contributed by atoms with Crippen LogP contribution in [0.2, 0.25) is 0 Å². The Morgan fingerprint density at radius 2 is 2.00 bits per heavy atom. The standard InChI is InChI=1S/C13H18O4/c1-3-16-13-9(14)8-12(13)17-11-7-5-4-6-10(11)15-2/h4-7,9,12-14H,3,8H2,1-2H3. The summed E-state index contributed by atoms with van der Waals surface area (Å²) in [6.07, 6.45) is -0.149. The average Bonchev–Trinajstić information content (AvgIpc) is 2.36. The van der Waals surface area contributed by atoms with Gasteiger partial charge in [0, 0.05) is 13.0 Å². The lowest BCUT2D eigenvalue weighted by molar-refractivity contribution is -0.160. The highest BCUT2D eigenvalue weighted by Gasteiger charge is 2.42. The molecular weight excluding hydrogens is 220 g/mol. The first kappa shape index (κ1) is 12.2. The maximum Gasteiger partial charge on any atom is 0.161 e. The number of aliphatic hydroxyl groups excluding tert-OH is 1. The average molecular weight is 238 g/mol. The van der Waals surface area contributed by atoms with Crippen LogP contribution in [0.1, 0.15) is 13.3 Å². The summed E-state index contributed by atoms with van der Waals surface area (Å²) < 4.78 is 16.4. The van der Waals surface area contributed by atoms with Crippen LogP contribution in [0, 0.1) is 0 Å². The Bertz CT molecular complexity index is 366. The van der Waals surface area contributed by atoms with Crippen LogP contribution in [0.3, 0.4) is 0 Å². The summed E-state index contributed by atoms with van der Waals surface area (Å²) in [7, 11) is 1.61. The van der Waals surface area contributed by atoms with E-state index in [1.165, 1.54) is 0 Å². The van der Waals surface area contributed by atoms with E-state index in [-0.39, 0.29) is 12.2 Å². The zero-order valence-corrected chi connectivity index (χ0v) is 10.1. The Kier molecular flexibility index (Phi) is 3.86. The lowest BCUT2D eigenvalue weighted by atomic mass is 9.88. The second kappa shape index (κ2) is 5.38. The Balaban J connectivity index is 2.01. The molecule has 1 saturated carbocycles. The first-order valence-electron chi connectivity index (χ1n) is 5.85. The predicted octanol–water partition coefficient (Wildman–Crippen LogP) is 1.61. The van der Waals surface area contributed by atoms with Crippen molar-refractivity contribution >= 4 is 0 Å². The summed E-state index contributed by atoms with van der Waals surface area (Å²) >= 11 is 0. The van der Waals surface area contributed by atoms with E-state index in [4.69, 9.17) is 14.2 Å². The number of hydrogen-bond donors (Lipinski definition) is 1. The minimum absolute atomic E-state index is 0.0961. The van der Waals surface area contributed by atoms with E-state index in [0.29, 0.717) is 24.5 Å². The van der Waals surface area contributed by atoms with Gasteiger partial charge in [0.05, 0.1) is 13.2 Å². The molecule has 0 heterocycles. The van der Waals surface area contributed by atoms with E-state index in [1.54, 1.807) is 7.11 Å². The van der Waals surface area contributed by atoms with Gasteiger partial charge in [-0.15, -0.1) is 0 Å². The fourth-order valence-corrected chi connectivity index (χ4v) is 1.96. The lowest BCUT2D eigenvalue weighted by Crippen LogP contribution is -2.55. The Hall–Kier alpha value is -1.26. The number of para-hydroxylation sites is 2. The van der Waals surface area contributed by atoms with Gasteiger partial charge in [-0.2, -0.15) is 0 Å². The molecule has 1 fully saturated rings. The van der Waals surface area contributed by atoms with Gasteiger partial charge in [-0.1, -0.05) is 12.1 Å². The third-order valence-corrected chi connectivity index (χ3v) is 2.93. The molecule has 0 aliphatic heterocycles.